The molecule has 1 amide bonds. The number of hydrogen-bond acceptors (Lipinski definition) is 4. The lowest BCUT2D eigenvalue weighted by molar-refractivity contribution is -0.116. The summed E-state index contributed by atoms with van der Waals surface area (Å²) in [5, 5.41) is 9.49. The predicted molar refractivity (Wildman–Crippen MR) is 69.4 cm³/mol. The fourth-order valence-electron chi connectivity index (χ4n) is 1.51. The van der Waals surface area contributed by atoms with Crippen molar-refractivity contribution in [3.8, 4) is 0 Å². The zero-order chi connectivity index (χ0) is 13.0. The predicted octanol–water partition coefficient (Wildman–Crippen LogP) is 2.42. The Kier molecular flexibility index (Phi) is 3.62. The van der Waals surface area contributed by atoms with Gasteiger partial charge in [-0.3, -0.25) is 4.79 Å². The Morgan fingerprint density at radius 2 is 2.06 bits per heavy atom. The second-order valence-electron chi connectivity index (χ2n) is 4.04. The number of amides is 1. The zero-order valence-corrected chi connectivity index (χ0v) is 10.3. The second kappa shape index (κ2) is 5.35. The smallest absolute Gasteiger partial charge is 0.247 e. The first-order valence-corrected chi connectivity index (χ1v) is 5.71. The van der Waals surface area contributed by atoms with E-state index in [9.17, 15) is 4.79 Å². The van der Waals surface area contributed by atoms with Crippen molar-refractivity contribution >= 4 is 17.4 Å². The zero-order valence-electron chi connectivity index (χ0n) is 10.3. The van der Waals surface area contributed by atoms with Crippen LogP contribution in [0.4, 0.5) is 11.5 Å². The van der Waals surface area contributed by atoms with E-state index in [-0.39, 0.29) is 11.9 Å². The van der Waals surface area contributed by atoms with Gasteiger partial charge in [0.05, 0.1) is 0 Å². The Labute approximate surface area is 105 Å². The fraction of sp³-hybridized carbons (Fsp3) is 0.231. The molecule has 0 aliphatic carbocycles. The van der Waals surface area contributed by atoms with Crippen molar-refractivity contribution < 1.29 is 9.32 Å². The number of carbonyl (C=O) groups excluding carboxylic acids is 1. The maximum Gasteiger partial charge on any atom is 0.247 e. The normalized spacial score (nSPS) is 11.9. The third-order valence-electron chi connectivity index (χ3n) is 2.43. The molecule has 2 N–H and O–H groups in total. The minimum atomic E-state index is -0.357. The highest BCUT2D eigenvalue weighted by molar-refractivity contribution is 5.95. The molecule has 0 radical (unpaired) electrons. The van der Waals surface area contributed by atoms with Crippen LogP contribution in [0.5, 0.6) is 0 Å². The Bertz CT molecular complexity index is 522. The van der Waals surface area contributed by atoms with E-state index in [2.05, 4.69) is 15.8 Å². The summed E-state index contributed by atoms with van der Waals surface area (Å²) in [6.45, 7) is 3.56. The average Bonchev–Trinajstić information content (AvgIpc) is 2.76. The number of aryl methyl sites for hydroxylation is 1. The summed E-state index contributed by atoms with van der Waals surface area (Å²) >= 11 is 0. The van der Waals surface area contributed by atoms with Gasteiger partial charge >= 0.3 is 0 Å². The van der Waals surface area contributed by atoms with Crippen LogP contribution in [0.2, 0.25) is 0 Å². The van der Waals surface area contributed by atoms with Crippen LogP contribution in [-0.2, 0) is 4.79 Å². The summed E-state index contributed by atoms with van der Waals surface area (Å²) in [4.78, 5) is 11.9. The Morgan fingerprint density at radius 1 is 1.33 bits per heavy atom. The van der Waals surface area contributed by atoms with Gasteiger partial charge in [-0.2, -0.15) is 0 Å². The highest BCUT2D eigenvalue weighted by atomic mass is 16.5. The van der Waals surface area contributed by atoms with E-state index in [1.54, 1.807) is 19.9 Å². The number of hydrogen-bond donors (Lipinski definition) is 2. The number of nitrogens with zero attached hydrogens (tertiary/aromatic N) is 1. The van der Waals surface area contributed by atoms with Gasteiger partial charge in [0.15, 0.2) is 5.82 Å². The van der Waals surface area contributed by atoms with Crippen molar-refractivity contribution in [3.05, 3.63) is 42.2 Å². The van der Waals surface area contributed by atoms with Crippen LogP contribution in [0.25, 0.3) is 0 Å². The van der Waals surface area contributed by atoms with Crippen LogP contribution >= 0.6 is 0 Å². The van der Waals surface area contributed by atoms with Gasteiger partial charge in [0.2, 0.25) is 5.91 Å². The molecule has 1 unspecified atom stereocenters. The molecular formula is C13H15N3O2. The molecule has 5 nitrogen and oxygen atoms in total. The number of carbonyl (C=O) groups is 1. The summed E-state index contributed by atoms with van der Waals surface area (Å²) in [5.41, 5.74) is 0.900. The molecule has 18 heavy (non-hydrogen) atoms. The number of para-hydroxylation sites is 1. The number of benzene rings is 1. The quantitative estimate of drug-likeness (QED) is 0.868. The van der Waals surface area contributed by atoms with Gasteiger partial charge in [0, 0.05) is 11.8 Å². The summed E-state index contributed by atoms with van der Waals surface area (Å²) in [5.74, 6) is 0.931. The Balaban J connectivity index is 1.93. The lowest BCUT2D eigenvalue weighted by Gasteiger charge is -2.13. The first-order valence-electron chi connectivity index (χ1n) is 5.71. The summed E-state index contributed by atoms with van der Waals surface area (Å²) in [6.07, 6.45) is 0. The van der Waals surface area contributed by atoms with E-state index in [0.29, 0.717) is 11.6 Å². The van der Waals surface area contributed by atoms with Crippen LogP contribution in [0.15, 0.2) is 40.9 Å². The molecule has 2 aromatic rings. The molecule has 0 aliphatic heterocycles. The molecule has 5 heteroatoms. The molecule has 0 fully saturated rings. The van der Waals surface area contributed by atoms with E-state index in [0.717, 1.165) is 5.69 Å². The van der Waals surface area contributed by atoms with E-state index in [1.165, 1.54) is 0 Å². The SMILES string of the molecule is Cc1cc(NC(=O)C(C)Nc2ccccc2)no1. The molecule has 1 atom stereocenters. The number of rotatable bonds is 4. The Hall–Kier alpha value is -2.30. The van der Waals surface area contributed by atoms with Gasteiger partial charge in [-0.1, -0.05) is 23.4 Å². The molecular weight excluding hydrogens is 230 g/mol. The van der Waals surface area contributed by atoms with Gasteiger partial charge in [-0.15, -0.1) is 0 Å². The van der Waals surface area contributed by atoms with Crippen molar-refractivity contribution in [2.75, 3.05) is 10.6 Å². The number of anilines is 2. The highest BCUT2D eigenvalue weighted by Crippen LogP contribution is 2.10. The standard InChI is InChI=1S/C13H15N3O2/c1-9-8-12(16-18-9)15-13(17)10(2)14-11-6-4-3-5-7-11/h3-8,10,14H,1-2H3,(H,15,16,17). The molecule has 1 aromatic carbocycles. The van der Waals surface area contributed by atoms with E-state index in [4.69, 9.17) is 4.52 Å². The highest BCUT2D eigenvalue weighted by Gasteiger charge is 2.14. The topological polar surface area (TPSA) is 67.2 Å². The molecule has 0 saturated carbocycles. The van der Waals surface area contributed by atoms with E-state index in [1.807, 2.05) is 30.3 Å². The minimum absolute atomic E-state index is 0.160. The molecule has 0 spiro atoms. The lowest BCUT2D eigenvalue weighted by Crippen LogP contribution is -2.31. The minimum Gasteiger partial charge on any atom is -0.374 e. The van der Waals surface area contributed by atoms with E-state index >= 15 is 0 Å². The number of aromatic nitrogens is 1. The van der Waals surface area contributed by atoms with Crippen molar-refractivity contribution in [1.82, 2.24) is 5.16 Å². The third kappa shape index (κ3) is 3.10. The van der Waals surface area contributed by atoms with Crippen LogP contribution < -0.4 is 10.6 Å². The van der Waals surface area contributed by atoms with E-state index < -0.39 is 0 Å². The summed E-state index contributed by atoms with van der Waals surface area (Å²) < 4.78 is 4.88. The molecule has 0 aliphatic rings. The fourth-order valence-corrected chi connectivity index (χ4v) is 1.51. The maximum absolute atomic E-state index is 11.9. The molecule has 1 heterocycles. The number of nitrogens with one attached hydrogen (secondary N) is 2. The van der Waals surface area contributed by atoms with Crippen molar-refractivity contribution in [2.45, 2.75) is 19.9 Å². The summed E-state index contributed by atoms with van der Waals surface area (Å²) in [7, 11) is 0. The van der Waals surface area contributed by atoms with Crippen LogP contribution in [0.3, 0.4) is 0 Å². The first-order chi connectivity index (χ1) is 8.65. The van der Waals surface area contributed by atoms with Crippen molar-refractivity contribution in [3.63, 3.8) is 0 Å². The molecule has 1 aromatic heterocycles. The Morgan fingerprint density at radius 3 is 2.67 bits per heavy atom. The largest absolute Gasteiger partial charge is 0.374 e. The van der Waals surface area contributed by atoms with Crippen molar-refractivity contribution in [2.24, 2.45) is 0 Å². The van der Waals surface area contributed by atoms with Gasteiger partial charge in [0.1, 0.15) is 11.8 Å². The van der Waals surface area contributed by atoms with Crippen LogP contribution in [0, 0.1) is 6.92 Å². The lowest BCUT2D eigenvalue weighted by atomic mass is 10.2. The van der Waals surface area contributed by atoms with Crippen LogP contribution in [-0.4, -0.2) is 17.1 Å². The van der Waals surface area contributed by atoms with Gasteiger partial charge in [-0.05, 0) is 26.0 Å². The third-order valence-corrected chi connectivity index (χ3v) is 2.43. The monoisotopic (exact) mass is 245 g/mol. The van der Waals surface area contributed by atoms with Gasteiger partial charge in [0.25, 0.3) is 0 Å². The maximum atomic E-state index is 11.9. The molecule has 2 rings (SSSR count). The van der Waals surface area contributed by atoms with Crippen molar-refractivity contribution in [1.29, 1.82) is 0 Å². The first kappa shape index (κ1) is 12.2. The van der Waals surface area contributed by atoms with Crippen LogP contribution in [0.1, 0.15) is 12.7 Å². The van der Waals surface area contributed by atoms with Gasteiger partial charge < -0.3 is 15.2 Å². The summed E-state index contributed by atoms with van der Waals surface area (Å²) in [6, 6.07) is 10.9. The average molecular weight is 245 g/mol. The molecule has 94 valence electrons. The second-order valence-corrected chi connectivity index (χ2v) is 4.04. The molecule has 0 saturated heterocycles. The molecule has 0 bridgehead atoms. The van der Waals surface area contributed by atoms with Gasteiger partial charge in [-0.25, -0.2) is 0 Å².